The van der Waals surface area contributed by atoms with Gasteiger partial charge in [-0.1, -0.05) is 24.6 Å². The highest BCUT2D eigenvalue weighted by molar-refractivity contribution is 5.97. The number of hydrogen-bond donors (Lipinski definition) is 2. The van der Waals surface area contributed by atoms with Crippen LogP contribution in [0.2, 0.25) is 0 Å². The normalized spacial score (nSPS) is 10.4. The second kappa shape index (κ2) is 7.83. The van der Waals surface area contributed by atoms with Crippen LogP contribution in [0.5, 0.6) is 5.75 Å². The third-order valence-electron chi connectivity index (χ3n) is 3.95. The molecule has 0 unspecified atom stereocenters. The number of nitrogen functional groups attached to an aromatic ring is 1. The van der Waals surface area contributed by atoms with Crippen LogP contribution in [0, 0.1) is 20.8 Å². The van der Waals surface area contributed by atoms with Crippen molar-refractivity contribution in [3.8, 4) is 5.75 Å². The average Bonchev–Trinajstić information content (AvgIpc) is 2.56. The molecule has 0 aliphatic carbocycles. The summed E-state index contributed by atoms with van der Waals surface area (Å²) in [6, 6.07) is 8.89. The lowest BCUT2D eigenvalue weighted by Gasteiger charge is -2.14. The Morgan fingerprint density at radius 3 is 2.28 bits per heavy atom. The van der Waals surface area contributed by atoms with Crippen molar-refractivity contribution in [3.63, 3.8) is 0 Å². The first-order valence-corrected chi connectivity index (χ1v) is 8.25. The number of ketones is 1. The van der Waals surface area contributed by atoms with Crippen LogP contribution in [-0.4, -0.2) is 18.3 Å². The van der Waals surface area contributed by atoms with Crippen molar-refractivity contribution in [3.05, 3.63) is 52.6 Å². The van der Waals surface area contributed by atoms with Gasteiger partial charge in [-0.2, -0.15) is 0 Å². The number of nitrogens with two attached hydrogens (primary N) is 1. The lowest BCUT2D eigenvalue weighted by Crippen LogP contribution is -2.21. The monoisotopic (exact) mass is 340 g/mol. The van der Waals surface area contributed by atoms with E-state index in [0.29, 0.717) is 23.4 Å². The highest BCUT2D eigenvalue weighted by atomic mass is 16.5. The van der Waals surface area contributed by atoms with Crippen LogP contribution in [0.15, 0.2) is 30.3 Å². The molecule has 0 fully saturated rings. The summed E-state index contributed by atoms with van der Waals surface area (Å²) in [5.74, 6) is 0.143. The number of carbonyl (C=O) groups excluding carboxylic acids is 2. The number of aryl methyl sites for hydroxylation is 3. The first-order chi connectivity index (χ1) is 11.8. The molecule has 2 rings (SSSR count). The Labute approximate surface area is 148 Å². The summed E-state index contributed by atoms with van der Waals surface area (Å²) in [4.78, 5) is 23.9. The fourth-order valence-electron chi connectivity index (χ4n) is 2.75. The van der Waals surface area contributed by atoms with Gasteiger partial charge in [0.25, 0.3) is 5.91 Å². The summed E-state index contributed by atoms with van der Waals surface area (Å²) < 4.78 is 5.49. The number of anilines is 2. The summed E-state index contributed by atoms with van der Waals surface area (Å²) in [6.45, 7) is 7.57. The molecule has 0 heterocycles. The number of carbonyl (C=O) groups is 2. The molecular weight excluding hydrogens is 316 g/mol. The van der Waals surface area contributed by atoms with Crippen LogP contribution < -0.4 is 15.8 Å². The number of hydrogen-bond acceptors (Lipinski definition) is 4. The minimum atomic E-state index is -0.261. The molecular formula is C20H24N2O3. The van der Waals surface area contributed by atoms with E-state index in [0.717, 1.165) is 22.4 Å². The topological polar surface area (TPSA) is 81.4 Å². The zero-order valence-corrected chi connectivity index (χ0v) is 15.1. The van der Waals surface area contributed by atoms with E-state index in [1.807, 2.05) is 32.9 Å². The van der Waals surface area contributed by atoms with Gasteiger partial charge in [-0.15, -0.1) is 0 Å². The van der Waals surface area contributed by atoms with Crippen molar-refractivity contribution in [1.29, 1.82) is 0 Å². The maximum Gasteiger partial charge on any atom is 0.262 e. The minimum absolute atomic E-state index is 0.0151. The number of rotatable bonds is 6. The number of amides is 1. The molecule has 5 nitrogen and oxygen atoms in total. The zero-order chi connectivity index (χ0) is 18.6. The molecule has 0 bridgehead atoms. The summed E-state index contributed by atoms with van der Waals surface area (Å²) in [6.07, 6.45) is 0.414. The predicted molar refractivity (Wildman–Crippen MR) is 100 cm³/mol. The third kappa shape index (κ3) is 4.59. The molecule has 2 aromatic carbocycles. The van der Waals surface area contributed by atoms with Gasteiger partial charge in [0.1, 0.15) is 5.75 Å². The molecule has 0 aliphatic heterocycles. The van der Waals surface area contributed by atoms with Gasteiger partial charge in [0.2, 0.25) is 0 Å². The first kappa shape index (κ1) is 18.5. The molecule has 0 atom stereocenters. The lowest BCUT2D eigenvalue weighted by atomic mass is 10.1. The summed E-state index contributed by atoms with van der Waals surface area (Å²) in [7, 11) is 0. The van der Waals surface area contributed by atoms with Crippen molar-refractivity contribution in [2.45, 2.75) is 34.1 Å². The molecule has 5 heteroatoms. The molecule has 0 saturated heterocycles. The van der Waals surface area contributed by atoms with E-state index in [1.165, 1.54) is 0 Å². The molecule has 1 amide bonds. The van der Waals surface area contributed by atoms with Crippen LogP contribution >= 0.6 is 0 Å². The summed E-state index contributed by atoms with van der Waals surface area (Å²) >= 11 is 0. The maximum atomic E-state index is 12.2. The lowest BCUT2D eigenvalue weighted by molar-refractivity contribution is -0.118. The number of ether oxygens (including phenoxy) is 1. The van der Waals surface area contributed by atoms with Crippen LogP contribution in [-0.2, 0) is 4.79 Å². The van der Waals surface area contributed by atoms with Gasteiger partial charge in [-0.25, -0.2) is 0 Å². The molecule has 0 spiro atoms. The van der Waals surface area contributed by atoms with Gasteiger partial charge in [0, 0.05) is 17.7 Å². The van der Waals surface area contributed by atoms with Crippen LogP contribution in [0.25, 0.3) is 0 Å². The van der Waals surface area contributed by atoms with Crippen molar-refractivity contribution in [1.82, 2.24) is 0 Å². The molecule has 0 saturated carbocycles. The van der Waals surface area contributed by atoms with E-state index >= 15 is 0 Å². The Morgan fingerprint density at radius 2 is 1.72 bits per heavy atom. The summed E-state index contributed by atoms with van der Waals surface area (Å²) in [5, 5.41) is 2.88. The van der Waals surface area contributed by atoms with Crippen LogP contribution in [0.1, 0.15) is 40.4 Å². The van der Waals surface area contributed by atoms with Gasteiger partial charge in [-0.3, -0.25) is 9.59 Å². The van der Waals surface area contributed by atoms with Gasteiger partial charge in [0.15, 0.2) is 12.4 Å². The van der Waals surface area contributed by atoms with E-state index in [-0.39, 0.29) is 18.3 Å². The highest BCUT2D eigenvalue weighted by Gasteiger charge is 2.11. The van der Waals surface area contributed by atoms with Crippen LogP contribution in [0.4, 0.5) is 11.4 Å². The van der Waals surface area contributed by atoms with Crippen LogP contribution in [0.3, 0.4) is 0 Å². The van der Waals surface area contributed by atoms with Gasteiger partial charge in [-0.05, 0) is 50.1 Å². The highest BCUT2D eigenvalue weighted by Crippen LogP contribution is 2.24. The fourth-order valence-corrected chi connectivity index (χ4v) is 2.75. The molecule has 2 aromatic rings. The minimum Gasteiger partial charge on any atom is -0.482 e. The fraction of sp³-hybridized carbons (Fsp3) is 0.300. The summed E-state index contributed by atoms with van der Waals surface area (Å²) in [5.41, 5.74) is 10.8. The van der Waals surface area contributed by atoms with E-state index in [2.05, 4.69) is 5.32 Å². The van der Waals surface area contributed by atoms with Crippen molar-refractivity contribution >= 4 is 23.1 Å². The second-order valence-electron chi connectivity index (χ2n) is 6.14. The molecule has 0 aliphatic rings. The van der Waals surface area contributed by atoms with E-state index in [9.17, 15) is 9.59 Å². The molecule has 0 aromatic heterocycles. The zero-order valence-electron chi connectivity index (χ0n) is 15.1. The Balaban J connectivity index is 2.02. The number of Topliss-reactive ketones (excluding diaryl/α,β-unsaturated/α-hetero) is 1. The SMILES string of the molecule is CCC(=O)c1ccc(OCC(=O)Nc2c(C)cc(C)cc2C)c(N)c1. The number of nitrogens with one attached hydrogen (secondary N) is 1. The van der Waals surface area contributed by atoms with E-state index < -0.39 is 0 Å². The molecule has 25 heavy (non-hydrogen) atoms. The predicted octanol–water partition coefficient (Wildman–Crippen LogP) is 3.80. The van der Waals surface area contributed by atoms with E-state index in [1.54, 1.807) is 25.1 Å². The Hall–Kier alpha value is -2.82. The third-order valence-corrected chi connectivity index (χ3v) is 3.95. The average molecular weight is 340 g/mol. The van der Waals surface area contributed by atoms with E-state index in [4.69, 9.17) is 10.5 Å². The van der Waals surface area contributed by atoms with Crippen molar-refractivity contribution in [2.75, 3.05) is 17.7 Å². The van der Waals surface area contributed by atoms with Gasteiger partial charge in [0.05, 0.1) is 5.69 Å². The second-order valence-corrected chi connectivity index (χ2v) is 6.14. The largest absolute Gasteiger partial charge is 0.482 e. The van der Waals surface area contributed by atoms with Crippen molar-refractivity contribution < 1.29 is 14.3 Å². The Kier molecular flexibility index (Phi) is 5.80. The number of benzene rings is 2. The Bertz CT molecular complexity index is 790. The standard InChI is InChI=1S/C20H24N2O3/c1-5-17(23)15-6-7-18(16(21)10-15)25-11-19(24)22-20-13(3)8-12(2)9-14(20)4/h6-10H,5,11,21H2,1-4H3,(H,22,24). The molecule has 132 valence electrons. The molecule has 3 N–H and O–H groups in total. The Morgan fingerprint density at radius 1 is 1.08 bits per heavy atom. The van der Waals surface area contributed by atoms with Gasteiger partial charge >= 0.3 is 0 Å². The molecule has 0 radical (unpaired) electrons. The van der Waals surface area contributed by atoms with Crippen molar-refractivity contribution in [2.24, 2.45) is 0 Å². The first-order valence-electron chi connectivity index (χ1n) is 8.25. The quantitative estimate of drug-likeness (QED) is 0.619. The smallest absolute Gasteiger partial charge is 0.262 e. The maximum absolute atomic E-state index is 12.2. The van der Waals surface area contributed by atoms with Gasteiger partial charge < -0.3 is 15.8 Å².